The minimum atomic E-state index is 0.436. The van der Waals surface area contributed by atoms with Crippen LogP contribution >= 0.6 is 0 Å². The predicted molar refractivity (Wildman–Crippen MR) is 79.7 cm³/mol. The fraction of sp³-hybridized carbons (Fsp3) is 0.733. The first kappa shape index (κ1) is 15.7. The Labute approximate surface area is 117 Å². The molecule has 0 spiro atoms. The molecule has 0 saturated heterocycles. The minimum Gasteiger partial charge on any atom is -0.481 e. The number of anilines is 1. The molecule has 0 aliphatic heterocycles. The summed E-state index contributed by atoms with van der Waals surface area (Å²) in [7, 11) is 1.62. The second-order valence-corrected chi connectivity index (χ2v) is 5.05. The number of hydrogen-bond acceptors (Lipinski definition) is 4. The average Bonchev–Trinajstić information content (AvgIpc) is 2.43. The first-order chi connectivity index (χ1) is 9.26. The number of hydrogen-bond donors (Lipinski definition) is 1. The van der Waals surface area contributed by atoms with Gasteiger partial charge in [-0.25, -0.2) is 9.97 Å². The minimum absolute atomic E-state index is 0.436. The van der Waals surface area contributed by atoms with Gasteiger partial charge in [-0.2, -0.15) is 0 Å². The summed E-state index contributed by atoms with van der Waals surface area (Å²) < 4.78 is 5.08. The highest BCUT2D eigenvalue weighted by molar-refractivity contribution is 5.37. The van der Waals surface area contributed by atoms with Crippen molar-refractivity contribution in [2.45, 2.75) is 64.8 Å². The summed E-state index contributed by atoms with van der Waals surface area (Å²) in [6.07, 6.45) is 10.7. The summed E-state index contributed by atoms with van der Waals surface area (Å²) >= 11 is 0. The molecule has 1 aromatic rings. The molecule has 0 fully saturated rings. The molecule has 0 aliphatic carbocycles. The van der Waals surface area contributed by atoms with E-state index in [1.54, 1.807) is 7.11 Å². The van der Waals surface area contributed by atoms with Gasteiger partial charge in [0.2, 0.25) is 5.88 Å². The highest BCUT2D eigenvalue weighted by Gasteiger charge is 2.04. The van der Waals surface area contributed by atoms with Crippen LogP contribution in [0.4, 0.5) is 5.82 Å². The van der Waals surface area contributed by atoms with Gasteiger partial charge < -0.3 is 10.1 Å². The van der Waals surface area contributed by atoms with Crippen molar-refractivity contribution in [3.8, 4) is 5.88 Å². The van der Waals surface area contributed by atoms with Crippen molar-refractivity contribution in [2.24, 2.45) is 0 Å². The van der Waals surface area contributed by atoms with Gasteiger partial charge in [-0.3, -0.25) is 0 Å². The van der Waals surface area contributed by atoms with E-state index in [0.717, 1.165) is 5.82 Å². The Kier molecular flexibility index (Phi) is 7.94. The molecule has 1 N–H and O–H groups in total. The van der Waals surface area contributed by atoms with Gasteiger partial charge in [0.1, 0.15) is 12.1 Å². The Balaban J connectivity index is 2.17. The Bertz CT molecular complexity index is 344. The Morgan fingerprint density at radius 1 is 1.16 bits per heavy atom. The van der Waals surface area contributed by atoms with E-state index in [-0.39, 0.29) is 0 Å². The van der Waals surface area contributed by atoms with Crippen molar-refractivity contribution < 1.29 is 4.74 Å². The lowest BCUT2D eigenvalue weighted by Gasteiger charge is -2.14. The molecule has 1 atom stereocenters. The second kappa shape index (κ2) is 9.59. The summed E-state index contributed by atoms with van der Waals surface area (Å²) in [5, 5.41) is 3.39. The van der Waals surface area contributed by atoms with Crippen molar-refractivity contribution in [1.82, 2.24) is 9.97 Å². The van der Waals surface area contributed by atoms with Gasteiger partial charge in [-0.1, -0.05) is 45.4 Å². The van der Waals surface area contributed by atoms with E-state index in [1.165, 1.54) is 51.3 Å². The second-order valence-electron chi connectivity index (χ2n) is 5.05. The predicted octanol–water partition coefficient (Wildman–Crippen LogP) is 4.04. The third kappa shape index (κ3) is 6.99. The van der Waals surface area contributed by atoms with Crippen molar-refractivity contribution in [1.29, 1.82) is 0 Å². The van der Waals surface area contributed by atoms with Crippen LogP contribution < -0.4 is 10.1 Å². The first-order valence-electron chi connectivity index (χ1n) is 7.38. The van der Waals surface area contributed by atoms with Gasteiger partial charge in [-0.05, 0) is 13.3 Å². The van der Waals surface area contributed by atoms with E-state index in [4.69, 9.17) is 4.74 Å². The number of methoxy groups -OCH3 is 1. The zero-order valence-electron chi connectivity index (χ0n) is 12.5. The van der Waals surface area contributed by atoms with Gasteiger partial charge in [0.15, 0.2) is 0 Å². The molecule has 1 rings (SSSR count). The normalized spacial score (nSPS) is 12.2. The Morgan fingerprint density at radius 3 is 2.63 bits per heavy atom. The van der Waals surface area contributed by atoms with Gasteiger partial charge >= 0.3 is 0 Å². The summed E-state index contributed by atoms with van der Waals surface area (Å²) in [6, 6.07) is 2.27. The maximum atomic E-state index is 5.08. The van der Waals surface area contributed by atoms with Crippen molar-refractivity contribution >= 4 is 5.82 Å². The van der Waals surface area contributed by atoms with Crippen molar-refractivity contribution in [3.63, 3.8) is 0 Å². The molecular formula is C15H27N3O. The maximum absolute atomic E-state index is 5.08. The zero-order valence-corrected chi connectivity index (χ0v) is 12.5. The molecule has 4 heteroatoms. The number of nitrogens with one attached hydrogen (secondary N) is 1. The molecular weight excluding hydrogens is 238 g/mol. The van der Waals surface area contributed by atoms with E-state index >= 15 is 0 Å². The summed E-state index contributed by atoms with van der Waals surface area (Å²) in [6.45, 7) is 4.45. The lowest BCUT2D eigenvalue weighted by atomic mass is 10.1. The van der Waals surface area contributed by atoms with E-state index in [9.17, 15) is 0 Å². The highest BCUT2D eigenvalue weighted by atomic mass is 16.5. The molecule has 0 aliphatic rings. The van der Waals surface area contributed by atoms with Crippen LogP contribution in [0, 0.1) is 0 Å². The monoisotopic (exact) mass is 265 g/mol. The summed E-state index contributed by atoms with van der Waals surface area (Å²) in [5.41, 5.74) is 0. The van der Waals surface area contributed by atoms with Crippen LogP contribution in [0.2, 0.25) is 0 Å². The molecule has 1 unspecified atom stereocenters. The highest BCUT2D eigenvalue weighted by Crippen LogP contribution is 2.14. The van der Waals surface area contributed by atoms with Crippen LogP contribution in [0.1, 0.15) is 58.8 Å². The molecule has 0 aromatic carbocycles. The SMILES string of the molecule is CCCCCCCCC(C)Nc1cc(OC)ncn1. The van der Waals surface area contributed by atoms with Crippen molar-refractivity contribution in [3.05, 3.63) is 12.4 Å². The smallest absolute Gasteiger partial charge is 0.218 e. The van der Waals surface area contributed by atoms with Crippen molar-refractivity contribution in [2.75, 3.05) is 12.4 Å². The summed E-state index contributed by atoms with van der Waals surface area (Å²) in [5.74, 6) is 1.44. The largest absolute Gasteiger partial charge is 0.481 e. The molecule has 1 aromatic heterocycles. The number of unbranched alkanes of at least 4 members (excludes halogenated alkanes) is 5. The van der Waals surface area contributed by atoms with Gasteiger partial charge in [0.05, 0.1) is 7.11 Å². The first-order valence-corrected chi connectivity index (χ1v) is 7.38. The number of ether oxygens (including phenoxy) is 1. The Hall–Kier alpha value is -1.32. The fourth-order valence-corrected chi connectivity index (χ4v) is 2.09. The Morgan fingerprint density at radius 2 is 1.89 bits per heavy atom. The molecule has 1 heterocycles. The summed E-state index contributed by atoms with van der Waals surface area (Å²) in [4.78, 5) is 8.19. The van der Waals surface area contributed by atoms with Crippen LogP contribution in [-0.2, 0) is 0 Å². The lowest BCUT2D eigenvalue weighted by Crippen LogP contribution is -2.16. The third-order valence-electron chi connectivity index (χ3n) is 3.24. The lowest BCUT2D eigenvalue weighted by molar-refractivity contribution is 0.397. The van der Waals surface area contributed by atoms with E-state index in [2.05, 4.69) is 29.1 Å². The number of nitrogens with zero attached hydrogens (tertiary/aromatic N) is 2. The zero-order chi connectivity index (χ0) is 13.9. The van der Waals surface area contributed by atoms with Gasteiger partial charge in [-0.15, -0.1) is 0 Å². The molecule has 19 heavy (non-hydrogen) atoms. The van der Waals surface area contributed by atoms with Crippen LogP contribution in [0.25, 0.3) is 0 Å². The topological polar surface area (TPSA) is 47.0 Å². The maximum Gasteiger partial charge on any atom is 0.218 e. The third-order valence-corrected chi connectivity index (χ3v) is 3.24. The van der Waals surface area contributed by atoms with E-state index in [0.29, 0.717) is 11.9 Å². The quantitative estimate of drug-likeness (QED) is 0.649. The van der Waals surface area contributed by atoms with Gasteiger partial charge in [0.25, 0.3) is 0 Å². The van der Waals surface area contributed by atoms with Gasteiger partial charge in [0, 0.05) is 12.1 Å². The molecule has 108 valence electrons. The van der Waals surface area contributed by atoms with Crippen LogP contribution in [-0.4, -0.2) is 23.1 Å². The molecule has 0 radical (unpaired) electrons. The fourth-order valence-electron chi connectivity index (χ4n) is 2.09. The number of rotatable bonds is 10. The van der Waals surface area contributed by atoms with Crippen LogP contribution in [0.15, 0.2) is 12.4 Å². The molecule has 0 amide bonds. The van der Waals surface area contributed by atoms with E-state index < -0.39 is 0 Å². The van der Waals surface area contributed by atoms with Crippen LogP contribution in [0.3, 0.4) is 0 Å². The average molecular weight is 265 g/mol. The molecule has 0 bridgehead atoms. The molecule has 4 nitrogen and oxygen atoms in total. The standard InChI is InChI=1S/C15H27N3O/c1-4-5-6-7-8-9-10-13(2)18-14-11-15(19-3)17-12-16-14/h11-13H,4-10H2,1-3H3,(H,16,17,18). The van der Waals surface area contributed by atoms with E-state index in [1.807, 2.05) is 6.07 Å². The molecule has 0 saturated carbocycles. The number of aromatic nitrogens is 2. The van der Waals surface area contributed by atoms with Crippen LogP contribution in [0.5, 0.6) is 5.88 Å².